The molecule has 0 saturated heterocycles. The average molecular weight is 463 g/mol. The summed E-state index contributed by atoms with van der Waals surface area (Å²) < 4.78 is 5.60. The molecule has 1 heterocycles. The molecule has 30 heavy (non-hydrogen) atoms. The van der Waals surface area contributed by atoms with Crippen molar-refractivity contribution in [3.05, 3.63) is 85.0 Å². The Morgan fingerprint density at radius 2 is 1.80 bits per heavy atom. The summed E-state index contributed by atoms with van der Waals surface area (Å²) in [6.45, 7) is 0. The van der Waals surface area contributed by atoms with Gasteiger partial charge in [0.05, 0.1) is 25.7 Å². The third-order valence-electron chi connectivity index (χ3n) is 3.91. The van der Waals surface area contributed by atoms with Crippen LogP contribution in [0.2, 0.25) is 15.1 Å². The van der Waals surface area contributed by atoms with E-state index in [1.54, 1.807) is 24.3 Å². The minimum Gasteiger partial charge on any atom is -0.457 e. The minimum absolute atomic E-state index is 0.156. The molecule has 2 aromatic carbocycles. The summed E-state index contributed by atoms with van der Waals surface area (Å²) in [4.78, 5) is 22.9. The Hall–Kier alpha value is -3.31. The van der Waals surface area contributed by atoms with Gasteiger partial charge in [-0.25, -0.2) is 0 Å². The third-order valence-corrected chi connectivity index (χ3v) is 4.87. The van der Waals surface area contributed by atoms with Gasteiger partial charge in [0.25, 0.3) is 11.6 Å². The van der Waals surface area contributed by atoms with Gasteiger partial charge in [-0.05, 0) is 30.3 Å². The molecule has 1 aromatic heterocycles. The summed E-state index contributed by atoms with van der Waals surface area (Å²) in [7, 11) is 0. The van der Waals surface area contributed by atoms with Gasteiger partial charge in [-0.3, -0.25) is 14.9 Å². The van der Waals surface area contributed by atoms with Crippen LogP contribution >= 0.6 is 34.8 Å². The van der Waals surface area contributed by atoms with Crippen LogP contribution in [0.5, 0.6) is 0 Å². The Kier molecular flexibility index (Phi) is 6.43. The number of amides is 1. The second-order valence-corrected chi connectivity index (χ2v) is 7.07. The Morgan fingerprint density at radius 3 is 2.43 bits per heavy atom. The second-order valence-electron chi connectivity index (χ2n) is 5.84. The molecule has 10 heteroatoms. The van der Waals surface area contributed by atoms with Gasteiger partial charge in [0.1, 0.15) is 23.2 Å². The van der Waals surface area contributed by atoms with Crippen molar-refractivity contribution in [1.82, 2.24) is 0 Å². The number of nitro benzene ring substituents is 1. The van der Waals surface area contributed by atoms with Crippen LogP contribution in [0.3, 0.4) is 0 Å². The first-order valence-electron chi connectivity index (χ1n) is 8.21. The monoisotopic (exact) mass is 461 g/mol. The maximum Gasteiger partial charge on any atom is 0.270 e. The van der Waals surface area contributed by atoms with E-state index >= 15 is 0 Å². The fraction of sp³-hybridized carbons (Fsp3) is 0. The molecule has 3 rings (SSSR count). The normalized spacial score (nSPS) is 11.1. The lowest BCUT2D eigenvalue weighted by Crippen LogP contribution is -2.14. The average Bonchev–Trinajstić information content (AvgIpc) is 3.17. The van der Waals surface area contributed by atoms with Crippen LogP contribution in [-0.4, -0.2) is 10.8 Å². The van der Waals surface area contributed by atoms with Crippen LogP contribution in [0.25, 0.3) is 17.4 Å². The molecule has 0 fully saturated rings. The van der Waals surface area contributed by atoms with Gasteiger partial charge in [0.15, 0.2) is 0 Å². The highest BCUT2D eigenvalue weighted by Gasteiger charge is 2.17. The zero-order valence-electron chi connectivity index (χ0n) is 14.9. The molecule has 0 unspecified atom stereocenters. The van der Waals surface area contributed by atoms with E-state index in [0.29, 0.717) is 5.56 Å². The number of rotatable bonds is 5. The number of anilines is 1. The van der Waals surface area contributed by atoms with Gasteiger partial charge in [0, 0.05) is 23.8 Å². The molecule has 0 bridgehead atoms. The van der Waals surface area contributed by atoms with Crippen LogP contribution in [-0.2, 0) is 4.79 Å². The Labute approximate surface area is 185 Å². The van der Waals surface area contributed by atoms with E-state index in [4.69, 9.17) is 39.2 Å². The zero-order valence-corrected chi connectivity index (χ0v) is 17.1. The van der Waals surface area contributed by atoms with Crippen molar-refractivity contribution in [2.45, 2.75) is 0 Å². The molecule has 0 radical (unpaired) electrons. The molecular weight excluding hydrogens is 453 g/mol. The van der Waals surface area contributed by atoms with Crippen molar-refractivity contribution < 1.29 is 14.1 Å². The number of benzene rings is 2. The zero-order chi connectivity index (χ0) is 21.8. The van der Waals surface area contributed by atoms with Crippen molar-refractivity contribution in [1.29, 1.82) is 5.26 Å². The van der Waals surface area contributed by atoms with Crippen LogP contribution in [0.15, 0.2) is 58.5 Å². The minimum atomic E-state index is -0.737. The number of non-ortho nitro benzene ring substituents is 1. The quantitative estimate of drug-likeness (QED) is 0.205. The van der Waals surface area contributed by atoms with Gasteiger partial charge in [-0.15, -0.1) is 0 Å². The van der Waals surface area contributed by atoms with Crippen molar-refractivity contribution in [2.75, 3.05) is 5.32 Å². The molecule has 150 valence electrons. The molecule has 0 saturated carbocycles. The Morgan fingerprint density at radius 1 is 1.10 bits per heavy atom. The van der Waals surface area contributed by atoms with Crippen LogP contribution in [0.1, 0.15) is 5.76 Å². The largest absolute Gasteiger partial charge is 0.457 e. The number of hydrogen-bond donors (Lipinski definition) is 1. The van der Waals surface area contributed by atoms with E-state index in [1.807, 2.05) is 0 Å². The number of nitro groups is 1. The number of nitrogens with zero attached hydrogens (tertiary/aromatic N) is 2. The van der Waals surface area contributed by atoms with Crippen LogP contribution in [0.4, 0.5) is 11.4 Å². The van der Waals surface area contributed by atoms with Crippen molar-refractivity contribution in [3.63, 3.8) is 0 Å². The predicted molar refractivity (Wildman–Crippen MR) is 114 cm³/mol. The predicted octanol–water partition coefficient (Wildman–Crippen LogP) is 6.36. The van der Waals surface area contributed by atoms with Crippen molar-refractivity contribution >= 4 is 58.2 Å². The summed E-state index contributed by atoms with van der Waals surface area (Å²) in [5, 5.41) is 23.5. The molecule has 1 N–H and O–H groups in total. The topological polar surface area (TPSA) is 109 Å². The van der Waals surface area contributed by atoms with E-state index < -0.39 is 10.8 Å². The van der Waals surface area contributed by atoms with Gasteiger partial charge in [-0.1, -0.05) is 40.9 Å². The van der Waals surface area contributed by atoms with Gasteiger partial charge >= 0.3 is 0 Å². The smallest absolute Gasteiger partial charge is 0.270 e. The van der Waals surface area contributed by atoms with E-state index in [0.717, 1.165) is 0 Å². The lowest BCUT2D eigenvalue weighted by molar-refractivity contribution is -0.384. The van der Waals surface area contributed by atoms with Gasteiger partial charge in [0.2, 0.25) is 0 Å². The number of nitriles is 1. The maximum atomic E-state index is 12.4. The highest BCUT2D eigenvalue weighted by molar-refractivity contribution is 6.40. The van der Waals surface area contributed by atoms with E-state index in [-0.39, 0.29) is 43.5 Å². The molecule has 0 aliphatic heterocycles. The first-order chi connectivity index (χ1) is 14.3. The number of carbonyl (C=O) groups excluding carboxylic acids is 1. The number of furan rings is 1. The first-order valence-corrected chi connectivity index (χ1v) is 9.35. The van der Waals surface area contributed by atoms with Gasteiger partial charge in [-0.2, -0.15) is 5.26 Å². The summed E-state index contributed by atoms with van der Waals surface area (Å²) in [6.07, 6.45) is 1.22. The number of hydrogen-bond acceptors (Lipinski definition) is 5. The molecular formula is C20H10Cl3N3O4. The fourth-order valence-corrected chi connectivity index (χ4v) is 3.18. The molecule has 1 amide bonds. The fourth-order valence-electron chi connectivity index (χ4n) is 2.48. The van der Waals surface area contributed by atoms with Crippen LogP contribution in [0, 0.1) is 21.4 Å². The summed E-state index contributed by atoms with van der Waals surface area (Å²) in [5.41, 5.74) is 0.0560. The molecule has 3 aromatic rings. The Balaban J connectivity index is 1.89. The second kappa shape index (κ2) is 9.01. The highest BCUT2D eigenvalue weighted by Crippen LogP contribution is 2.33. The first kappa shape index (κ1) is 21.4. The molecule has 7 nitrogen and oxygen atoms in total. The van der Waals surface area contributed by atoms with Crippen molar-refractivity contribution in [3.8, 4) is 17.4 Å². The number of carbonyl (C=O) groups is 1. The SMILES string of the molecule is N#C/C(=C\c1ccc(-c2cc([N+](=O)[O-])ccc2Cl)o1)C(=O)Nc1c(Cl)cccc1Cl. The van der Waals surface area contributed by atoms with E-state index in [2.05, 4.69) is 5.32 Å². The lowest BCUT2D eigenvalue weighted by atomic mass is 10.1. The van der Waals surface area contributed by atoms with E-state index in [9.17, 15) is 20.2 Å². The summed E-state index contributed by atoms with van der Waals surface area (Å²) >= 11 is 18.2. The van der Waals surface area contributed by atoms with E-state index in [1.165, 1.54) is 36.4 Å². The van der Waals surface area contributed by atoms with Crippen molar-refractivity contribution in [2.24, 2.45) is 0 Å². The number of nitrogens with one attached hydrogen (secondary N) is 1. The number of halogens is 3. The molecule has 0 aliphatic carbocycles. The summed E-state index contributed by atoms with van der Waals surface area (Å²) in [5.74, 6) is -0.329. The van der Waals surface area contributed by atoms with Crippen LogP contribution < -0.4 is 5.32 Å². The Bertz CT molecular complexity index is 1210. The molecule has 0 atom stereocenters. The van der Waals surface area contributed by atoms with Gasteiger partial charge < -0.3 is 9.73 Å². The third kappa shape index (κ3) is 4.63. The standard InChI is InChI=1S/C20H10Cl3N3O4/c21-15-6-4-12(26(28)29)9-14(15)18-7-5-13(30-18)8-11(10-24)20(27)25-19-16(22)2-1-3-17(19)23/h1-9H,(H,25,27)/b11-8+. The lowest BCUT2D eigenvalue weighted by Gasteiger charge is -2.08. The molecule has 0 aliphatic rings. The highest BCUT2D eigenvalue weighted by atomic mass is 35.5. The summed E-state index contributed by atoms with van der Waals surface area (Å²) in [6, 6.07) is 13.4. The molecule has 0 spiro atoms. The maximum absolute atomic E-state index is 12.4. The number of para-hydroxylation sites is 1.